The van der Waals surface area contributed by atoms with Crippen molar-refractivity contribution in [3.63, 3.8) is 0 Å². The molecule has 0 aliphatic rings. The van der Waals surface area contributed by atoms with Crippen molar-refractivity contribution in [2.24, 2.45) is 0 Å². The number of hydrogen-bond donors (Lipinski definition) is 0. The lowest BCUT2D eigenvalue weighted by Gasteiger charge is -2.33. The molecule has 0 aliphatic heterocycles. The fourth-order valence-electron chi connectivity index (χ4n) is 3.39. The van der Waals surface area contributed by atoms with Crippen molar-refractivity contribution >= 4 is 0 Å². The maximum atomic E-state index is 6.17. The fourth-order valence-corrected chi connectivity index (χ4v) is 3.39. The van der Waals surface area contributed by atoms with Gasteiger partial charge in [0.1, 0.15) is 0 Å². The fraction of sp³-hybridized carbons (Fsp3) is 0.231. The third-order valence-electron chi connectivity index (χ3n) is 4.90. The normalized spacial score (nSPS) is 11.3. The van der Waals surface area contributed by atoms with Gasteiger partial charge in [0.15, 0.2) is 0 Å². The summed E-state index contributed by atoms with van der Waals surface area (Å²) in [6.45, 7) is 6.32. The SMILES string of the molecule is C=CCC(COCc1ccccc1)(COCc1ccccc1)c1ccccc1. The van der Waals surface area contributed by atoms with Crippen molar-refractivity contribution in [3.8, 4) is 0 Å². The first-order chi connectivity index (χ1) is 13.8. The third-order valence-corrected chi connectivity index (χ3v) is 4.90. The van der Waals surface area contributed by atoms with E-state index in [4.69, 9.17) is 9.47 Å². The van der Waals surface area contributed by atoms with Gasteiger partial charge in [-0.1, -0.05) is 97.1 Å². The Morgan fingerprint density at radius 2 is 1.07 bits per heavy atom. The molecular weight excluding hydrogens is 344 g/mol. The summed E-state index contributed by atoms with van der Waals surface area (Å²) in [7, 11) is 0. The van der Waals surface area contributed by atoms with Crippen molar-refractivity contribution in [1.82, 2.24) is 0 Å². The van der Waals surface area contributed by atoms with Gasteiger partial charge in [0.2, 0.25) is 0 Å². The molecule has 0 N–H and O–H groups in total. The molecule has 0 saturated carbocycles. The molecule has 0 aliphatic carbocycles. The van der Waals surface area contributed by atoms with E-state index in [1.54, 1.807) is 0 Å². The van der Waals surface area contributed by atoms with Crippen molar-refractivity contribution in [1.29, 1.82) is 0 Å². The van der Waals surface area contributed by atoms with Crippen LogP contribution in [-0.2, 0) is 28.1 Å². The van der Waals surface area contributed by atoms with E-state index in [0.717, 1.165) is 6.42 Å². The molecule has 2 nitrogen and oxygen atoms in total. The number of hydrogen-bond acceptors (Lipinski definition) is 2. The summed E-state index contributed by atoms with van der Waals surface area (Å²) in [6, 6.07) is 31.0. The molecule has 144 valence electrons. The van der Waals surface area contributed by atoms with E-state index >= 15 is 0 Å². The van der Waals surface area contributed by atoms with Gasteiger partial charge in [0.25, 0.3) is 0 Å². The van der Waals surface area contributed by atoms with Crippen LogP contribution in [0.4, 0.5) is 0 Å². The zero-order valence-electron chi connectivity index (χ0n) is 16.3. The van der Waals surface area contributed by atoms with Gasteiger partial charge in [-0.05, 0) is 23.1 Å². The van der Waals surface area contributed by atoms with Crippen LogP contribution in [-0.4, -0.2) is 13.2 Å². The second-order valence-corrected chi connectivity index (χ2v) is 7.10. The largest absolute Gasteiger partial charge is 0.376 e. The van der Waals surface area contributed by atoms with Gasteiger partial charge in [-0.15, -0.1) is 6.58 Å². The number of benzene rings is 3. The Labute approximate surface area is 168 Å². The Balaban J connectivity index is 1.72. The van der Waals surface area contributed by atoms with Gasteiger partial charge in [0, 0.05) is 5.41 Å². The highest BCUT2D eigenvalue weighted by atomic mass is 16.5. The average molecular weight is 373 g/mol. The second kappa shape index (κ2) is 10.6. The number of rotatable bonds is 11. The molecule has 0 atom stereocenters. The van der Waals surface area contributed by atoms with Crippen LogP contribution in [0.15, 0.2) is 104 Å². The third kappa shape index (κ3) is 5.66. The number of ether oxygens (including phenoxy) is 2. The van der Waals surface area contributed by atoms with Crippen molar-refractivity contribution in [2.45, 2.75) is 25.0 Å². The highest BCUT2D eigenvalue weighted by Gasteiger charge is 2.32. The highest BCUT2D eigenvalue weighted by Crippen LogP contribution is 2.30. The maximum absolute atomic E-state index is 6.17. The summed E-state index contributed by atoms with van der Waals surface area (Å²) in [4.78, 5) is 0. The summed E-state index contributed by atoms with van der Waals surface area (Å²) >= 11 is 0. The second-order valence-electron chi connectivity index (χ2n) is 7.10. The molecule has 0 fully saturated rings. The summed E-state index contributed by atoms with van der Waals surface area (Å²) < 4.78 is 12.3. The Kier molecular flexibility index (Phi) is 7.60. The Morgan fingerprint density at radius 1 is 0.643 bits per heavy atom. The molecule has 3 aromatic rings. The van der Waals surface area contributed by atoms with Crippen LogP contribution < -0.4 is 0 Å². The van der Waals surface area contributed by atoms with Crippen molar-refractivity contribution < 1.29 is 9.47 Å². The maximum Gasteiger partial charge on any atom is 0.0717 e. The lowest BCUT2D eigenvalue weighted by molar-refractivity contribution is 0.00781. The minimum absolute atomic E-state index is 0.257. The molecule has 0 amide bonds. The van der Waals surface area contributed by atoms with Crippen LogP contribution in [0.1, 0.15) is 23.1 Å². The molecule has 0 bridgehead atoms. The Hall–Kier alpha value is -2.68. The van der Waals surface area contributed by atoms with E-state index in [2.05, 4.69) is 55.1 Å². The quantitative estimate of drug-likeness (QED) is 0.388. The molecule has 2 heteroatoms. The first-order valence-electron chi connectivity index (χ1n) is 9.72. The van der Waals surface area contributed by atoms with Gasteiger partial charge >= 0.3 is 0 Å². The van der Waals surface area contributed by atoms with E-state index in [-0.39, 0.29) is 5.41 Å². The zero-order chi connectivity index (χ0) is 19.5. The molecule has 0 saturated heterocycles. The minimum atomic E-state index is -0.257. The zero-order valence-corrected chi connectivity index (χ0v) is 16.3. The van der Waals surface area contributed by atoms with Gasteiger partial charge in [-0.2, -0.15) is 0 Å². The van der Waals surface area contributed by atoms with Crippen LogP contribution in [0.2, 0.25) is 0 Å². The molecule has 0 heterocycles. The molecule has 3 aromatic carbocycles. The molecule has 0 aromatic heterocycles. The summed E-state index contributed by atoms with van der Waals surface area (Å²) in [5, 5.41) is 0. The van der Waals surface area contributed by atoms with Crippen molar-refractivity contribution in [3.05, 3.63) is 120 Å². The van der Waals surface area contributed by atoms with Crippen LogP contribution in [0.5, 0.6) is 0 Å². The monoisotopic (exact) mass is 372 g/mol. The Morgan fingerprint density at radius 3 is 1.50 bits per heavy atom. The Bertz CT molecular complexity index is 767. The molecule has 0 unspecified atom stereocenters. The summed E-state index contributed by atoms with van der Waals surface area (Å²) in [6.07, 6.45) is 2.76. The molecule has 3 rings (SSSR count). The molecule has 28 heavy (non-hydrogen) atoms. The smallest absolute Gasteiger partial charge is 0.0717 e. The van der Waals surface area contributed by atoms with Crippen LogP contribution in [0.3, 0.4) is 0 Å². The first kappa shape index (κ1) is 20.1. The van der Waals surface area contributed by atoms with Gasteiger partial charge in [0.05, 0.1) is 26.4 Å². The highest BCUT2D eigenvalue weighted by molar-refractivity contribution is 5.27. The van der Waals surface area contributed by atoms with Gasteiger partial charge < -0.3 is 9.47 Å². The van der Waals surface area contributed by atoms with E-state index in [0.29, 0.717) is 26.4 Å². The van der Waals surface area contributed by atoms with Crippen molar-refractivity contribution in [2.75, 3.05) is 13.2 Å². The van der Waals surface area contributed by atoms with E-state index in [1.807, 2.05) is 48.5 Å². The standard InChI is InChI=1S/C26H28O2/c1-2-18-26(25-16-10-5-11-17-25,21-27-19-23-12-6-3-7-13-23)22-28-20-24-14-8-4-9-15-24/h2-17H,1,18-22H2. The van der Waals surface area contributed by atoms with Crippen LogP contribution in [0.25, 0.3) is 0 Å². The van der Waals surface area contributed by atoms with Gasteiger partial charge in [-0.3, -0.25) is 0 Å². The predicted octanol–water partition coefficient (Wildman–Crippen LogP) is 5.93. The van der Waals surface area contributed by atoms with Crippen LogP contribution in [0, 0.1) is 0 Å². The van der Waals surface area contributed by atoms with E-state index in [9.17, 15) is 0 Å². The molecule has 0 spiro atoms. The van der Waals surface area contributed by atoms with E-state index < -0.39 is 0 Å². The minimum Gasteiger partial charge on any atom is -0.376 e. The lowest BCUT2D eigenvalue weighted by Crippen LogP contribution is -2.36. The lowest BCUT2D eigenvalue weighted by atomic mass is 9.79. The van der Waals surface area contributed by atoms with E-state index in [1.165, 1.54) is 16.7 Å². The first-order valence-corrected chi connectivity index (χ1v) is 9.72. The number of allylic oxidation sites excluding steroid dienone is 1. The molecular formula is C26H28O2. The van der Waals surface area contributed by atoms with Gasteiger partial charge in [-0.25, -0.2) is 0 Å². The van der Waals surface area contributed by atoms with Crippen LogP contribution >= 0.6 is 0 Å². The molecule has 0 radical (unpaired) electrons. The summed E-state index contributed by atoms with van der Waals surface area (Å²) in [5.74, 6) is 0. The topological polar surface area (TPSA) is 18.5 Å². The predicted molar refractivity (Wildman–Crippen MR) is 115 cm³/mol. The average Bonchev–Trinajstić information content (AvgIpc) is 2.76. The summed E-state index contributed by atoms with van der Waals surface area (Å²) in [5.41, 5.74) is 3.31.